The van der Waals surface area contributed by atoms with E-state index in [2.05, 4.69) is 4.98 Å². The van der Waals surface area contributed by atoms with Gasteiger partial charge >= 0.3 is 0 Å². The number of aromatic nitrogens is 1. The number of nitrogens with one attached hydrogen (secondary N) is 1. The van der Waals surface area contributed by atoms with Crippen molar-refractivity contribution < 1.29 is 4.79 Å². The van der Waals surface area contributed by atoms with E-state index in [0.717, 1.165) is 22.0 Å². The molecule has 2 nitrogen and oxygen atoms in total. The Bertz CT molecular complexity index is 836. The molecule has 1 aromatic heterocycles. The van der Waals surface area contributed by atoms with Crippen LogP contribution in [0.1, 0.15) is 21.5 Å². The smallest absolute Gasteiger partial charge is 0.169 e. The third kappa shape index (κ3) is 2.82. The molecule has 0 saturated heterocycles. The van der Waals surface area contributed by atoms with Crippen molar-refractivity contribution in [3.05, 3.63) is 69.3 Å². The summed E-state index contributed by atoms with van der Waals surface area (Å²) < 4.78 is 0. The lowest BCUT2D eigenvalue weighted by molar-refractivity contribution is 0.0994. The Morgan fingerprint density at radius 1 is 1.10 bits per heavy atom. The second-order valence-electron chi connectivity index (χ2n) is 5.10. The molecule has 1 heterocycles. The molecule has 0 spiro atoms. The van der Waals surface area contributed by atoms with Gasteiger partial charge in [-0.05, 0) is 36.2 Å². The van der Waals surface area contributed by atoms with Gasteiger partial charge in [0, 0.05) is 29.1 Å². The molecule has 0 aliphatic heterocycles. The number of halogens is 2. The zero-order chi connectivity index (χ0) is 15.0. The maximum atomic E-state index is 12.5. The van der Waals surface area contributed by atoms with Gasteiger partial charge in [-0.15, -0.1) is 0 Å². The van der Waals surface area contributed by atoms with Crippen LogP contribution in [0, 0.1) is 6.92 Å². The van der Waals surface area contributed by atoms with Gasteiger partial charge in [-0.2, -0.15) is 0 Å². The van der Waals surface area contributed by atoms with Gasteiger partial charge in [-0.25, -0.2) is 0 Å². The molecule has 0 bridgehead atoms. The predicted octanol–water partition coefficient (Wildman–Crippen LogP) is 5.21. The van der Waals surface area contributed by atoms with Gasteiger partial charge in [0.15, 0.2) is 5.78 Å². The Labute approximate surface area is 132 Å². The Hall–Kier alpha value is -1.77. The third-order valence-electron chi connectivity index (χ3n) is 3.49. The van der Waals surface area contributed by atoms with Crippen molar-refractivity contribution in [2.75, 3.05) is 0 Å². The minimum absolute atomic E-state index is 0.0588. The first-order valence-corrected chi connectivity index (χ1v) is 7.35. The molecule has 3 aromatic rings. The average molecular weight is 318 g/mol. The van der Waals surface area contributed by atoms with Gasteiger partial charge in [0.2, 0.25) is 0 Å². The highest BCUT2D eigenvalue weighted by Gasteiger charge is 2.13. The summed E-state index contributed by atoms with van der Waals surface area (Å²) in [6.45, 7) is 2.03. The number of fused-ring (bicyclic) bond motifs is 1. The van der Waals surface area contributed by atoms with Crippen molar-refractivity contribution in [3.8, 4) is 0 Å². The number of hydrogen-bond donors (Lipinski definition) is 1. The van der Waals surface area contributed by atoms with Crippen molar-refractivity contribution in [2.45, 2.75) is 13.3 Å². The summed E-state index contributed by atoms with van der Waals surface area (Å²) in [5.41, 5.74) is 3.70. The van der Waals surface area contributed by atoms with Gasteiger partial charge in [0.1, 0.15) is 0 Å². The minimum Gasteiger partial charge on any atom is -0.360 e. The van der Waals surface area contributed by atoms with E-state index in [-0.39, 0.29) is 5.78 Å². The zero-order valence-corrected chi connectivity index (χ0v) is 12.9. The van der Waals surface area contributed by atoms with Crippen molar-refractivity contribution in [1.29, 1.82) is 0 Å². The van der Waals surface area contributed by atoms with Gasteiger partial charge in [-0.1, -0.05) is 41.4 Å². The number of aromatic amines is 1. The molecule has 4 heteroatoms. The molecule has 0 saturated carbocycles. The SMILES string of the molecule is Cc1ccc2c(C(=O)Cc3ccc(Cl)c(Cl)c3)c[nH]c2c1. The monoisotopic (exact) mass is 317 g/mol. The van der Waals surface area contributed by atoms with Crippen LogP contribution >= 0.6 is 23.2 Å². The second-order valence-corrected chi connectivity index (χ2v) is 5.91. The van der Waals surface area contributed by atoms with E-state index in [0.29, 0.717) is 22.0 Å². The quantitative estimate of drug-likeness (QED) is 0.661. The number of rotatable bonds is 3. The lowest BCUT2D eigenvalue weighted by Gasteiger charge is -2.03. The first-order chi connectivity index (χ1) is 10.0. The van der Waals surface area contributed by atoms with Crippen LogP contribution in [0.4, 0.5) is 0 Å². The highest BCUT2D eigenvalue weighted by Crippen LogP contribution is 2.25. The van der Waals surface area contributed by atoms with Gasteiger partial charge in [0.25, 0.3) is 0 Å². The molecule has 3 rings (SSSR count). The van der Waals surface area contributed by atoms with Crippen molar-refractivity contribution in [1.82, 2.24) is 4.98 Å². The highest BCUT2D eigenvalue weighted by atomic mass is 35.5. The maximum Gasteiger partial charge on any atom is 0.169 e. The number of carbonyl (C=O) groups excluding carboxylic acids is 1. The fourth-order valence-corrected chi connectivity index (χ4v) is 2.72. The first kappa shape index (κ1) is 14.2. The molecule has 0 aliphatic rings. The topological polar surface area (TPSA) is 32.9 Å². The summed E-state index contributed by atoms with van der Waals surface area (Å²) >= 11 is 11.9. The van der Waals surface area contributed by atoms with Gasteiger partial charge in [0.05, 0.1) is 10.0 Å². The summed E-state index contributed by atoms with van der Waals surface area (Å²) in [4.78, 5) is 15.6. The van der Waals surface area contributed by atoms with Crippen LogP contribution in [-0.2, 0) is 6.42 Å². The number of H-pyrrole nitrogens is 1. The molecule has 21 heavy (non-hydrogen) atoms. The molecule has 1 N–H and O–H groups in total. The average Bonchev–Trinajstić information content (AvgIpc) is 2.85. The first-order valence-electron chi connectivity index (χ1n) is 6.59. The van der Waals surface area contributed by atoms with Crippen LogP contribution in [0.15, 0.2) is 42.6 Å². The van der Waals surface area contributed by atoms with E-state index in [4.69, 9.17) is 23.2 Å². The van der Waals surface area contributed by atoms with Crippen LogP contribution in [0.3, 0.4) is 0 Å². The van der Waals surface area contributed by atoms with Crippen LogP contribution in [0.2, 0.25) is 10.0 Å². The maximum absolute atomic E-state index is 12.5. The normalized spacial score (nSPS) is 11.0. The summed E-state index contributed by atoms with van der Waals surface area (Å²) in [5, 5.41) is 1.91. The largest absolute Gasteiger partial charge is 0.360 e. The molecule has 0 aliphatic carbocycles. The van der Waals surface area contributed by atoms with Crippen LogP contribution in [0.25, 0.3) is 10.9 Å². The van der Waals surface area contributed by atoms with Crippen molar-refractivity contribution in [3.63, 3.8) is 0 Å². The molecule has 0 unspecified atom stereocenters. The summed E-state index contributed by atoms with van der Waals surface area (Å²) in [7, 11) is 0. The lowest BCUT2D eigenvalue weighted by atomic mass is 10.0. The van der Waals surface area contributed by atoms with Crippen molar-refractivity contribution >= 4 is 39.9 Å². The van der Waals surface area contributed by atoms with E-state index >= 15 is 0 Å². The fraction of sp³-hybridized carbons (Fsp3) is 0.118. The molecule has 0 fully saturated rings. The van der Waals surface area contributed by atoms with Crippen LogP contribution < -0.4 is 0 Å². The highest BCUT2D eigenvalue weighted by molar-refractivity contribution is 6.42. The molecule has 0 atom stereocenters. The molecule has 0 radical (unpaired) electrons. The number of Topliss-reactive ketones (excluding diaryl/α,β-unsaturated/α-hetero) is 1. The zero-order valence-electron chi connectivity index (χ0n) is 11.4. The summed E-state index contributed by atoms with van der Waals surface area (Å²) in [5.74, 6) is 0.0588. The molecule has 0 amide bonds. The minimum atomic E-state index is 0.0588. The Balaban J connectivity index is 1.91. The standard InChI is InChI=1S/C17H13Cl2NO/c1-10-2-4-12-13(9-20-16(12)6-10)17(21)8-11-3-5-14(18)15(19)7-11/h2-7,9,20H,8H2,1H3. The number of benzene rings is 2. The Kier molecular flexibility index (Phi) is 3.75. The van der Waals surface area contributed by atoms with Crippen LogP contribution in [-0.4, -0.2) is 10.8 Å². The molecular formula is C17H13Cl2NO. The van der Waals surface area contributed by atoms with Crippen molar-refractivity contribution in [2.24, 2.45) is 0 Å². The van der Waals surface area contributed by atoms with E-state index < -0.39 is 0 Å². The summed E-state index contributed by atoms with van der Waals surface area (Å²) in [6, 6.07) is 11.3. The van der Waals surface area contributed by atoms with E-state index in [1.165, 1.54) is 0 Å². The fourth-order valence-electron chi connectivity index (χ4n) is 2.40. The van der Waals surface area contributed by atoms with E-state index in [1.54, 1.807) is 18.3 Å². The third-order valence-corrected chi connectivity index (χ3v) is 4.23. The number of ketones is 1. The number of aryl methyl sites for hydroxylation is 1. The summed E-state index contributed by atoms with van der Waals surface area (Å²) in [6.07, 6.45) is 2.07. The predicted molar refractivity (Wildman–Crippen MR) is 87.5 cm³/mol. The Morgan fingerprint density at radius 2 is 1.90 bits per heavy atom. The van der Waals surface area contributed by atoms with Gasteiger partial charge in [-0.3, -0.25) is 4.79 Å². The molecule has 106 valence electrons. The van der Waals surface area contributed by atoms with E-state index in [9.17, 15) is 4.79 Å². The second kappa shape index (κ2) is 5.55. The number of carbonyl (C=O) groups is 1. The van der Waals surface area contributed by atoms with E-state index in [1.807, 2.05) is 31.2 Å². The molecular weight excluding hydrogens is 305 g/mol. The van der Waals surface area contributed by atoms with Crippen LogP contribution in [0.5, 0.6) is 0 Å². The molecule has 2 aromatic carbocycles. The van der Waals surface area contributed by atoms with Gasteiger partial charge < -0.3 is 4.98 Å². The Morgan fingerprint density at radius 3 is 2.67 bits per heavy atom. The number of hydrogen-bond acceptors (Lipinski definition) is 1. The lowest BCUT2D eigenvalue weighted by Crippen LogP contribution is -2.02.